The van der Waals surface area contributed by atoms with Crippen LogP contribution in [0.4, 0.5) is 5.69 Å². The van der Waals surface area contributed by atoms with E-state index in [-0.39, 0.29) is 23.7 Å². The summed E-state index contributed by atoms with van der Waals surface area (Å²) in [5.41, 5.74) is 2.91. The molecule has 3 atom stereocenters. The minimum atomic E-state index is -0.514. The summed E-state index contributed by atoms with van der Waals surface area (Å²) in [5.74, 6) is -0.357. The lowest BCUT2D eigenvalue weighted by molar-refractivity contribution is -0.122. The topological polar surface area (TPSA) is 63.7 Å². The Bertz CT molecular complexity index is 996. The molecule has 0 unspecified atom stereocenters. The van der Waals surface area contributed by atoms with Gasteiger partial charge in [0.1, 0.15) is 5.75 Å². The van der Waals surface area contributed by atoms with Crippen molar-refractivity contribution < 1.29 is 19.1 Å². The van der Waals surface area contributed by atoms with Gasteiger partial charge in [-0.25, -0.2) is 4.79 Å². The Kier molecular flexibility index (Phi) is 4.99. The summed E-state index contributed by atoms with van der Waals surface area (Å²) in [6, 6.07) is 12.0. The molecule has 1 aliphatic carbocycles. The fraction of sp³-hybridized carbons (Fsp3) is 0.375. The number of anilines is 1. The molecule has 2 aromatic rings. The second kappa shape index (κ2) is 7.47. The molecule has 2 aliphatic rings. The lowest BCUT2D eigenvalue weighted by Gasteiger charge is -2.25. The van der Waals surface area contributed by atoms with Crippen molar-refractivity contribution in [3.05, 3.63) is 59.2 Å². The van der Waals surface area contributed by atoms with Crippen molar-refractivity contribution in [2.24, 2.45) is 17.8 Å². The first kappa shape index (κ1) is 19.4. The largest absolute Gasteiger partial charge is 0.423 e. The summed E-state index contributed by atoms with van der Waals surface area (Å²) in [4.78, 5) is 39.7. The number of carbonyl (C=O) groups is 3. The van der Waals surface area contributed by atoms with Gasteiger partial charge in [0.05, 0.1) is 23.1 Å². The van der Waals surface area contributed by atoms with E-state index in [0.717, 1.165) is 30.4 Å². The van der Waals surface area contributed by atoms with Crippen molar-refractivity contribution in [3.8, 4) is 5.75 Å². The Morgan fingerprint density at radius 1 is 0.966 bits per heavy atom. The molecule has 29 heavy (non-hydrogen) atoms. The second-order valence-corrected chi connectivity index (χ2v) is 8.33. The zero-order valence-corrected chi connectivity index (χ0v) is 17.0. The lowest BCUT2D eigenvalue weighted by atomic mass is 9.76. The van der Waals surface area contributed by atoms with Crippen LogP contribution in [-0.4, -0.2) is 17.8 Å². The van der Waals surface area contributed by atoms with Gasteiger partial charge in [0.15, 0.2) is 0 Å². The number of amides is 2. The summed E-state index contributed by atoms with van der Waals surface area (Å²) in [6.07, 6.45) is 2.47. The molecular weight excluding hydrogens is 366 g/mol. The van der Waals surface area contributed by atoms with Gasteiger partial charge in [-0.2, -0.15) is 0 Å². The van der Waals surface area contributed by atoms with E-state index in [1.54, 1.807) is 30.3 Å². The van der Waals surface area contributed by atoms with Crippen LogP contribution in [0.5, 0.6) is 5.75 Å². The molecule has 1 aliphatic heterocycles. The zero-order chi connectivity index (χ0) is 20.7. The SMILES string of the molecule is Cc1ccc(OC(=O)c2cccc(N3C(=O)[C@H]4C[C@@H](C)CC[C@H]4C3=O)c2)cc1C. The van der Waals surface area contributed by atoms with Crippen molar-refractivity contribution in [1.82, 2.24) is 0 Å². The molecular formula is C24H25NO4. The molecule has 0 bridgehead atoms. The molecule has 0 aromatic heterocycles. The van der Waals surface area contributed by atoms with Crippen molar-refractivity contribution in [2.75, 3.05) is 4.90 Å². The van der Waals surface area contributed by atoms with Crippen molar-refractivity contribution in [2.45, 2.75) is 40.0 Å². The van der Waals surface area contributed by atoms with Gasteiger partial charge in [-0.05, 0) is 80.5 Å². The predicted octanol–water partition coefficient (Wildman–Crippen LogP) is 4.45. The first-order valence-corrected chi connectivity index (χ1v) is 10.1. The molecule has 2 aromatic carbocycles. The van der Waals surface area contributed by atoms with E-state index in [4.69, 9.17) is 4.74 Å². The van der Waals surface area contributed by atoms with E-state index in [1.807, 2.05) is 26.0 Å². The molecule has 5 heteroatoms. The van der Waals surface area contributed by atoms with Crippen LogP contribution in [-0.2, 0) is 9.59 Å². The van der Waals surface area contributed by atoms with Crippen molar-refractivity contribution >= 4 is 23.5 Å². The van der Waals surface area contributed by atoms with Crippen LogP contribution in [0, 0.1) is 31.6 Å². The summed E-state index contributed by atoms with van der Waals surface area (Å²) in [6.45, 7) is 6.07. The van der Waals surface area contributed by atoms with Gasteiger partial charge in [0.25, 0.3) is 0 Å². The maximum Gasteiger partial charge on any atom is 0.343 e. The number of hydrogen-bond acceptors (Lipinski definition) is 4. The van der Waals surface area contributed by atoms with E-state index in [2.05, 4.69) is 6.92 Å². The molecule has 4 rings (SSSR count). The molecule has 2 fully saturated rings. The van der Waals surface area contributed by atoms with Crippen LogP contribution < -0.4 is 9.64 Å². The fourth-order valence-corrected chi connectivity index (χ4v) is 4.36. The minimum absolute atomic E-state index is 0.147. The molecule has 1 saturated heterocycles. The Hall–Kier alpha value is -2.95. The van der Waals surface area contributed by atoms with Crippen LogP contribution in [0.2, 0.25) is 0 Å². The number of hydrogen-bond donors (Lipinski definition) is 0. The quantitative estimate of drug-likeness (QED) is 0.441. The summed E-state index contributed by atoms with van der Waals surface area (Å²) < 4.78 is 5.49. The van der Waals surface area contributed by atoms with Gasteiger partial charge < -0.3 is 4.74 Å². The Balaban J connectivity index is 1.57. The molecule has 1 saturated carbocycles. The van der Waals surface area contributed by atoms with Crippen LogP contribution in [0.3, 0.4) is 0 Å². The first-order valence-electron chi connectivity index (χ1n) is 10.1. The molecule has 0 N–H and O–H groups in total. The molecule has 1 heterocycles. The van der Waals surface area contributed by atoms with Gasteiger partial charge in [0, 0.05) is 0 Å². The van der Waals surface area contributed by atoms with E-state index in [9.17, 15) is 14.4 Å². The normalized spacial score (nSPS) is 23.8. The van der Waals surface area contributed by atoms with Gasteiger partial charge >= 0.3 is 5.97 Å². The number of aryl methyl sites for hydroxylation is 2. The highest BCUT2D eigenvalue weighted by Crippen LogP contribution is 2.42. The standard InChI is InChI=1S/C24H25NO4/c1-14-7-10-20-21(11-14)23(27)25(22(20)26)18-6-4-5-17(13-18)24(28)29-19-9-8-15(2)16(3)12-19/h4-6,8-9,12-14,20-21H,7,10-11H2,1-3H3/t14-,20+,21-/m0/s1. The number of ether oxygens (including phenoxy) is 1. The predicted molar refractivity (Wildman–Crippen MR) is 110 cm³/mol. The van der Waals surface area contributed by atoms with E-state index in [0.29, 0.717) is 22.9 Å². The number of benzene rings is 2. The molecule has 2 amide bonds. The van der Waals surface area contributed by atoms with E-state index < -0.39 is 5.97 Å². The Labute approximate surface area is 170 Å². The van der Waals surface area contributed by atoms with Crippen LogP contribution in [0.25, 0.3) is 0 Å². The fourth-order valence-electron chi connectivity index (χ4n) is 4.36. The van der Waals surface area contributed by atoms with Crippen LogP contribution >= 0.6 is 0 Å². The maximum atomic E-state index is 12.9. The first-order chi connectivity index (χ1) is 13.8. The average molecular weight is 391 g/mol. The smallest absolute Gasteiger partial charge is 0.343 e. The molecule has 0 radical (unpaired) electrons. The zero-order valence-electron chi connectivity index (χ0n) is 17.0. The van der Waals surface area contributed by atoms with E-state index in [1.165, 1.54) is 4.90 Å². The third-order valence-corrected chi connectivity index (χ3v) is 6.22. The lowest BCUT2D eigenvalue weighted by Crippen LogP contribution is -2.31. The van der Waals surface area contributed by atoms with Gasteiger partial charge in [-0.1, -0.05) is 19.1 Å². The van der Waals surface area contributed by atoms with E-state index >= 15 is 0 Å². The van der Waals surface area contributed by atoms with Crippen molar-refractivity contribution in [3.63, 3.8) is 0 Å². The number of rotatable bonds is 3. The van der Waals surface area contributed by atoms with Crippen LogP contribution in [0.1, 0.15) is 47.7 Å². The number of imide groups is 1. The molecule has 5 nitrogen and oxygen atoms in total. The third kappa shape index (κ3) is 3.57. The molecule has 150 valence electrons. The summed E-state index contributed by atoms with van der Waals surface area (Å²) >= 11 is 0. The Morgan fingerprint density at radius 3 is 2.48 bits per heavy atom. The van der Waals surface area contributed by atoms with Crippen molar-refractivity contribution in [1.29, 1.82) is 0 Å². The third-order valence-electron chi connectivity index (χ3n) is 6.22. The number of carbonyl (C=O) groups excluding carboxylic acids is 3. The van der Waals surface area contributed by atoms with Gasteiger partial charge in [0.2, 0.25) is 11.8 Å². The number of fused-ring (bicyclic) bond motifs is 1. The monoisotopic (exact) mass is 391 g/mol. The highest BCUT2D eigenvalue weighted by Gasteiger charge is 2.50. The Morgan fingerprint density at radius 2 is 1.72 bits per heavy atom. The average Bonchev–Trinajstić information content (AvgIpc) is 2.94. The highest BCUT2D eigenvalue weighted by molar-refractivity contribution is 6.22. The van der Waals surface area contributed by atoms with Gasteiger partial charge in [-0.15, -0.1) is 0 Å². The summed E-state index contributed by atoms with van der Waals surface area (Å²) in [7, 11) is 0. The molecule has 0 spiro atoms. The summed E-state index contributed by atoms with van der Waals surface area (Å²) in [5, 5.41) is 0. The minimum Gasteiger partial charge on any atom is -0.423 e. The van der Waals surface area contributed by atoms with Crippen LogP contribution in [0.15, 0.2) is 42.5 Å². The number of esters is 1. The number of nitrogens with zero attached hydrogens (tertiary/aromatic N) is 1. The van der Waals surface area contributed by atoms with Gasteiger partial charge in [-0.3, -0.25) is 14.5 Å². The maximum absolute atomic E-state index is 12.9. The highest BCUT2D eigenvalue weighted by atomic mass is 16.5. The second-order valence-electron chi connectivity index (χ2n) is 8.33.